The van der Waals surface area contributed by atoms with E-state index in [0.29, 0.717) is 18.8 Å². The van der Waals surface area contributed by atoms with Gasteiger partial charge < -0.3 is 73.9 Å². The van der Waals surface area contributed by atoms with Crippen molar-refractivity contribution in [2.24, 2.45) is 0 Å². The molecule has 62 heavy (non-hydrogen) atoms. The Labute approximate surface area is 354 Å². The number of aliphatic carboxylic acids is 1. The third-order valence-electron chi connectivity index (χ3n) is 8.48. The van der Waals surface area contributed by atoms with Crippen LogP contribution in [0.3, 0.4) is 0 Å². The molecule has 7 N–H and O–H groups in total. The third-order valence-corrected chi connectivity index (χ3v) is 9.75. The number of aliphatic hydroxyl groups excluding tert-OH is 5. The summed E-state index contributed by atoms with van der Waals surface area (Å²) in [5.74, 6) is -16.7. The molecule has 1 aromatic heterocycles. The Hall–Kier alpha value is -3.71. The minimum Gasteiger partial charge on any atom is -0.478 e. The van der Waals surface area contributed by atoms with Crippen molar-refractivity contribution in [2.75, 3.05) is 91.6 Å². The summed E-state index contributed by atoms with van der Waals surface area (Å²) < 4.78 is 111. The normalized spacial score (nSPS) is 19.9. The van der Waals surface area contributed by atoms with Crippen LogP contribution in [0.25, 0.3) is 0 Å². The monoisotopic (exact) mass is 924 g/mol. The Morgan fingerprint density at radius 2 is 1.39 bits per heavy atom. The first-order chi connectivity index (χ1) is 29.6. The average molecular weight is 925 g/mol. The van der Waals surface area contributed by atoms with Crippen molar-refractivity contribution in [1.82, 2.24) is 20.3 Å². The molecule has 2 aromatic rings. The van der Waals surface area contributed by atoms with Gasteiger partial charge in [0.25, 0.3) is 0 Å². The van der Waals surface area contributed by atoms with Crippen LogP contribution in [0.4, 0.5) is 22.0 Å². The number of aromatic nitrogens is 3. The Balaban J connectivity index is 1.18. The first-order valence-corrected chi connectivity index (χ1v) is 19.8. The number of amides is 1. The van der Waals surface area contributed by atoms with Crippen molar-refractivity contribution < 1.29 is 105 Å². The van der Waals surface area contributed by atoms with E-state index in [1.807, 2.05) is 0 Å². The SMILES string of the molecule is O=C(CO)N[C@@H]1[C@@H]([C@@H](O)[C@@H](O)CO)O[C@](SCCOCCOCc2cn(CCOCCOCCOCCOCCC(=O)Oc3c(F)c(F)c(F)c(F)c3F)nn2)(C(=O)O)C[C@H]1O. The van der Waals surface area contributed by atoms with Crippen LogP contribution in [0.2, 0.25) is 0 Å². The van der Waals surface area contributed by atoms with Gasteiger partial charge in [0.2, 0.25) is 45.7 Å². The van der Waals surface area contributed by atoms with Crippen LogP contribution in [0, 0.1) is 29.1 Å². The second-order valence-electron chi connectivity index (χ2n) is 13.0. The van der Waals surface area contributed by atoms with Crippen molar-refractivity contribution in [3.8, 4) is 5.75 Å². The highest BCUT2D eigenvalue weighted by Crippen LogP contribution is 2.40. The van der Waals surface area contributed by atoms with E-state index in [1.54, 1.807) is 10.9 Å². The quantitative estimate of drug-likeness (QED) is 0.0112. The van der Waals surface area contributed by atoms with E-state index in [4.69, 9.17) is 38.3 Å². The number of carboxylic acids is 1. The van der Waals surface area contributed by atoms with E-state index < -0.39 is 114 Å². The predicted molar refractivity (Wildman–Crippen MR) is 197 cm³/mol. The number of aliphatic hydroxyl groups is 5. The van der Waals surface area contributed by atoms with Gasteiger partial charge in [-0.25, -0.2) is 22.6 Å². The molecule has 1 fully saturated rings. The fourth-order valence-corrected chi connectivity index (χ4v) is 6.49. The topological polar surface area (TPSA) is 289 Å². The smallest absolute Gasteiger partial charge is 0.346 e. The summed E-state index contributed by atoms with van der Waals surface area (Å²) in [4.78, 5) is 33.7. The number of hydrogen-bond donors (Lipinski definition) is 7. The summed E-state index contributed by atoms with van der Waals surface area (Å²) in [5, 5.41) is 69.8. The lowest BCUT2D eigenvalue weighted by atomic mass is 9.89. The number of thioether (sulfide) groups is 1. The van der Waals surface area contributed by atoms with Crippen molar-refractivity contribution in [1.29, 1.82) is 0 Å². The molecule has 3 rings (SSSR count). The zero-order chi connectivity index (χ0) is 45.7. The molecular weight excluding hydrogens is 875 g/mol. The summed E-state index contributed by atoms with van der Waals surface area (Å²) in [6.07, 6.45) is -6.32. The second-order valence-corrected chi connectivity index (χ2v) is 14.3. The lowest BCUT2D eigenvalue weighted by molar-refractivity contribution is -0.205. The Morgan fingerprint density at radius 3 is 1.97 bits per heavy atom. The molecule has 352 valence electrons. The summed E-state index contributed by atoms with van der Waals surface area (Å²) >= 11 is 0.752. The van der Waals surface area contributed by atoms with Gasteiger partial charge in [-0.3, -0.25) is 9.59 Å². The largest absolute Gasteiger partial charge is 0.478 e. The maximum absolute atomic E-state index is 13.6. The summed E-state index contributed by atoms with van der Waals surface area (Å²) in [7, 11) is 0. The molecule has 2 heterocycles. The van der Waals surface area contributed by atoms with Gasteiger partial charge in [0.05, 0.1) is 117 Å². The van der Waals surface area contributed by atoms with Gasteiger partial charge in [-0.1, -0.05) is 5.21 Å². The highest BCUT2D eigenvalue weighted by molar-refractivity contribution is 8.01. The van der Waals surface area contributed by atoms with Gasteiger partial charge in [-0.2, -0.15) is 8.78 Å². The number of carboxylic acid groups (broad SMARTS) is 1. The third kappa shape index (κ3) is 16.4. The number of ether oxygens (including phenoxy) is 8. The number of rotatable bonds is 31. The standard InChI is InChI=1S/C35H49F5N4O17S/c36-25-26(37)28(39)32(29(40)27(25)38)60-24(50)1-3-54-5-7-56-9-10-57-8-6-55-4-2-44-16-20(42-43-44)19-59-12-11-58-13-14-62-35(34(52)53)15-21(47)30(41-23(49)18-46)33(61-35)31(51)22(48)17-45/h16,21-22,30-31,33,45-48,51H,1-15,17-19H2,(H,41,49)(H,52,53)/t21-,22+,30+,31+,33+,35-/m1/s1. The lowest BCUT2D eigenvalue weighted by Gasteiger charge is -2.46. The van der Waals surface area contributed by atoms with Gasteiger partial charge in [0, 0.05) is 12.2 Å². The van der Waals surface area contributed by atoms with Gasteiger partial charge in [0.1, 0.15) is 30.6 Å². The molecular formula is C35H49F5N4O17S. The molecule has 0 saturated carbocycles. The Kier molecular flexibility index (Phi) is 23.3. The molecule has 1 aromatic carbocycles. The zero-order valence-electron chi connectivity index (χ0n) is 33.0. The fraction of sp³-hybridized carbons (Fsp3) is 0.686. The van der Waals surface area contributed by atoms with Crippen molar-refractivity contribution in [2.45, 2.75) is 61.4 Å². The predicted octanol–water partition coefficient (Wildman–Crippen LogP) is -1.58. The van der Waals surface area contributed by atoms with Crippen LogP contribution in [0.1, 0.15) is 18.5 Å². The molecule has 0 radical (unpaired) electrons. The van der Waals surface area contributed by atoms with Crippen LogP contribution in [0.5, 0.6) is 5.75 Å². The zero-order valence-corrected chi connectivity index (χ0v) is 33.8. The van der Waals surface area contributed by atoms with Crippen LogP contribution < -0.4 is 10.1 Å². The second kappa shape index (κ2) is 27.5. The number of carbonyl (C=O) groups is 3. The summed E-state index contributed by atoms with van der Waals surface area (Å²) in [6, 6.07) is -1.40. The first kappa shape index (κ1) is 52.6. The highest BCUT2D eigenvalue weighted by Gasteiger charge is 2.55. The molecule has 1 aliphatic heterocycles. The van der Waals surface area contributed by atoms with Crippen LogP contribution in [0.15, 0.2) is 6.20 Å². The molecule has 0 bridgehead atoms. The van der Waals surface area contributed by atoms with Crippen molar-refractivity contribution in [3.63, 3.8) is 0 Å². The maximum Gasteiger partial charge on any atom is 0.346 e. The molecule has 0 aliphatic carbocycles. The van der Waals surface area contributed by atoms with Crippen LogP contribution >= 0.6 is 11.8 Å². The van der Waals surface area contributed by atoms with Gasteiger partial charge in [-0.15, -0.1) is 16.9 Å². The molecule has 27 heteroatoms. The highest BCUT2D eigenvalue weighted by atomic mass is 32.2. The van der Waals surface area contributed by atoms with E-state index >= 15 is 0 Å². The van der Waals surface area contributed by atoms with Crippen molar-refractivity contribution >= 4 is 29.6 Å². The fourth-order valence-electron chi connectivity index (χ4n) is 5.36. The van der Waals surface area contributed by atoms with E-state index in [1.165, 1.54) is 0 Å². The number of nitrogens with zero attached hydrogens (tertiary/aromatic N) is 3. The number of halogens is 5. The van der Waals surface area contributed by atoms with E-state index in [9.17, 15) is 61.9 Å². The first-order valence-electron chi connectivity index (χ1n) is 18.8. The number of benzene rings is 1. The van der Waals surface area contributed by atoms with Gasteiger partial charge in [-0.05, 0) is 0 Å². The Bertz CT molecular complexity index is 1680. The Morgan fingerprint density at radius 1 is 0.839 bits per heavy atom. The number of esters is 1. The molecule has 1 aliphatic rings. The molecule has 0 spiro atoms. The van der Waals surface area contributed by atoms with Crippen LogP contribution in [-0.4, -0.2) is 191 Å². The van der Waals surface area contributed by atoms with Crippen LogP contribution in [-0.2, 0) is 60.7 Å². The number of carbonyl (C=O) groups excluding carboxylic acids is 2. The number of hydrogen-bond acceptors (Lipinski definition) is 19. The molecule has 21 nitrogen and oxygen atoms in total. The molecule has 6 atom stereocenters. The minimum absolute atomic E-state index is 0.0310. The van der Waals surface area contributed by atoms with E-state index in [0.717, 1.165) is 11.8 Å². The van der Waals surface area contributed by atoms with Gasteiger partial charge >= 0.3 is 11.9 Å². The van der Waals surface area contributed by atoms with Gasteiger partial charge in [0.15, 0.2) is 0 Å². The molecule has 1 amide bonds. The number of nitrogens with one attached hydrogen (secondary N) is 1. The summed E-state index contributed by atoms with van der Waals surface area (Å²) in [6.45, 7) is 0.127. The van der Waals surface area contributed by atoms with E-state index in [2.05, 4.69) is 20.4 Å². The summed E-state index contributed by atoms with van der Waals surface area (Å²) in [5.41, 5.74) is 0.538. The average Bonchev–Trinajstić information content (AvgIpc) is 3.72. The minimum atomic E-state index is -2.37. The maximum atomic E-state index is 13.6. The van der Waals surface area contributed by atoms with Crippen molar-refractivity contribution in [3.05, 3.63) is 41.0 Å². The van der Waals surface area contributed by atoms with E-state index in [-0.39, 0.29) is 78.4 Å². The molecule has 1 saturated heterocycles. The lowest BCUT2D eigenvalue weighted by Crippen LogP contribution is -2.66. The molecule has 0 unspecified atom stereocenters.